The molecule has 8 nitrogen and oxygen atoms in total. The Morgan fingerprint density at radius 2 is 2.44 bits per heavy atom. The first-order chi connectivity index (χ1) is 12.0. The van der Waals surface area contributed by atoms with Gasteiger partial charge in [0.2, 0.25) is 0 Å². The van der Waals surface area contributed by atoms with Gasteiger partial charge in [-0.2, -0.15) is 0 Å². The molecule has 132 valence electrons. The smallest absolute Gasteiger partial charge is 0.269 e. The topological polar surface area (TPSA) is 109 Å². The van der Waals surface area contributed by atoms with Crippen LogP contribution in [0.1, 0.15) is 19.0 Å². The van der Waals surface area contributed by atoms with Crippen LogP contribution in [0, 0.1) is 0 Å². The standard InChI is InChI=1S/C16H21BN4O4/c1-9-5-16(14(22)12(17)13(9)24-2)6-11(21-25-16)15(23)19-4-3-10-7-18-8-20-10/h5,7-8,14,22H,3-4,6,17H2,1-2H3,(H,18,20)(H,19,23)/t14-,16+/m1/s1. The molecule has 3 N–H and O–H groups in total. The fourth-order valence-electron chi connectivity index (χ4n) is 3.28. The number of aromatic amines is 1. The molecule has 1 aliphatic heterocycles. The first-order valence-electron chi connectivity index (χ1n) is 8.10. The number of imidazole rings is 1. The van der Waals surface area contributed by atoms with E-state index in [1.165, 1.54) is 0 Å². The average molecular weight is 344 g/mol. The van der Waals surface area contributed by atoms with Crippen molar-refractivity contribution in [1.82, 2.24) is 15.3 Å². The highest BCUT2D eigenvalue weighted by Gasteiger charge is 2.49. The van der Waals surface area contributed by atoms with Crippen molar-refractivity contribution < 1.29 is 19.5 Å². The maximum Gasteiger partial charge on any atom is 0.269 e. The maximum atomic E-state index is 12.3. The second-order valence-corrected chi connectivity index (χ2v) is 6.29. The lowest BCUT2D eigenvalue weighted by molar-refractivity contribution is -0.114. The third-order valence-electron chi connectivity index (χ3n) is 4.52. The monoisotopic (exact) mass is 344 g/mol. The maximum absolute atomic E-state index is 12.3. The Hall–Kier alpha value is -2.55. The summed E-state index contributed by atoms with van der Waals surface area (Å²) in [6, 6.07) is 0. The minimum atomic E-state index is -1.05. The van der Waals surface area contributed by atoms with E-state index in [-0.39, 0.29) is 18.0 Å². The largest absolute Gasteiger partial charge is 0.497 e. The summed E-state index contributed by atoms with van der Waals surface area (Å²) >= 11 is 0. The highest BCUT2D eigenvalue weighted by atomic mass is 16.7. The summed E-state index contributed by atoms with van der Waals surface area (Å²) in [5.74, 6) is 0.341. The van der Waals surface area contributed by atoms with Crippen LogP contribution in [0.25, 0.3) is 0 Å². The van der Waals surface area contributed by atoms with Crippen LogP contribution in [0.5, 0.6) is 0 Å². The van der Waals surface area contributed by atoms with Crippen molar-refractivity contribution in [3.63, 3.8) is 0 Å². The first kappa shape index (κ1) is 17.3. The number of oxime groups is 1. The van der Waals surface area contributed by atoms with Gasteiger partial charge in [0.05, 0.1) is 13.4 Å². The minimum absolute atomic E-state index is 0.204. The van der Waals surface area contributed by atoms with E-state index in [4.69, 9.17) is 9.57 Å². The van der Waals surface area contributed by atoms with Crippen molar-refractivity contribution in [2.45, 2.75) is 31.5 Å². The van der Waals surface area contributed by atoms with Crippen LogP contribution >= 0.6 is 0 Å². The molecule has 1 aliphatic carbocycles. The number of H-pyrrole nitrogens is 1. The second kappa shape index (κ2) is 6.75. The molecule has 1 amide bonds. The van der Waals surface area contributed by atoms with Gasteiger partial charge in [-0.15, -0.1) is 0 Å². The molecule has 2 aliphatic rings. The summed E-state index contributed by atoms with van der Waals surface area (Å²) in [4.78, 5) is 24.7. The Balaban J connectivity index is 1.62. The number of carbonyl (C=O) groups is 1. The molecule has 0 aromatic carbocycles. The Kier molecular flexibility index (Phi) is 4.67. The van der Waals surface area contributed by atoms with Gasteiger partial charge >= 0.3 is 0 Å². The van der Waals surface area contributed by atoms with E-state index in [9.17, 15) is 9.90 Å². The number of aliphatic hydroxyl groups is 1. The molecule has 3 rings (SSSR count). The van der Waals surface area contributed by atoms with Gasteiger partial charge < -0.3 is 25.0 Å². The van der Waals surface area contributed by atoms with E-state index >= 15 is 0 Å². The number of amides is 1. The number of methoxy groups -OCH3 is 1. The molecule has 2 heterocycles. The number of aromatic nitrogens is 2. The molecule has 0 bridgehead atoms. The zero-order valence-corrected chi connectivity index (χ0v) is 14.5. The van der Waals surface area contributed by atoms with Gasteiger partial charge in [0.1, 0.15) is 25.4 Å². The van der Waals surface area contributed by atoms with Crippen LogP contribution < -0.4 is 5.32 Å². The van der Waals surface area contributed by atoms with Gasteiger partial charge in [0, 0.05) is 31.3 Å². The van der Waals surface area contributed by atoms with Crippen molar-refractivity contribution in [3.05, 3.63) is 41.1 Å². The summed E-state index contributed by atoms with van der Waals surface area (Å²) in [5.41, 5.74) is 1.67. The molecule has 0 radical (unpaired) electrons. The number of ether oxygens (including phenoxy) is 1. The van der Waals surface area contributed by atoms with Crippen LogP contribution in [0.3, 0.4) is 0 Å². The van der Waals surface area contributed by atoms with Gasteiger partial charge in [-0.05, 0) is 24.0 Å². The number of rotatable bonds is 5. The van der Waals surface area contributed by atoms with Crippen molar-refractivity contribution in [2.24, 2.45) is 5.16 Å². The summed E-state index contributed by atoms with van der Waals surface area (Å²) in [5, 5.41) is 17.3. The van der Waals surface area contributed by atoms with Crippen LogP contribution in [0.15, 0.2) is 40.6 Å². The molecule has 1 aromatic heterocycles. The molecular formula is C16H21BN4O4. The highest BCUT2D eigenvalue weighted by molar-refractivity contribution is 6.39. The Morgan fingerprint density at radius 3 is 3.12 bits per heavy atom. The molecule has 2 atom stereocenters. The molecule has 25 heavy (non-hydrogen) atoms. The van der Waals surface area contributed by atoms with Crippen molar-refractivity contribution in [2.75, 3.05) is 13.7 Å². The summed E-state index contributed by atoms with van der Waals surface area (Å²) in [7, 11) is 3.35. The lowest BCUT2D eigenvalue weighted by Gasteiger charge is -2.34. The number of nitrogens with zero attached hydrogens (tertiary/aromatic N) is 2. The highest BCUT2D eigenvalue weighted by Crippen LogP contribution is 2.39. The zero-order valence-electron chi connectivity index (χ0n) is 14.5. The Bertz CT molecular complexity index is 756. The fourth-order valence-corrected chi connectivity index (χ4v) is 3.28. The van der Waals surface area contributed by atoms with E-state index in [1.807, 2.05) is 6.92 Å². The van der Waals surface area contributed by atoms with Crippen molar-refractivity contribution in [3.8, 4) is 0 Å². The number of allylic oxidation sites excluding steroid dienone is 1. The van der Waals surface area contributed by atoms with Crippen LogP contribution in [-0.2, 0) is 20.8 Å². The van der Waals surface area contributed by atoms with E-state index in [1.54, 1.807) is 33.6 Å². The molecule has 0 saturated carbocycles. The normalized spacial score (nSPS) is 25.5. The lowest BCUT2D eigenvalue weighted by Crippen LogP contribution is -2.46. The van der Waals surface area contributed by atoms with E-state index in [0.717, 1.165) is 11.3 Å². The average Bonchev–Trinajstić information content (AvgIpc) is 3.24. The van der Waals surface area contributed by atoms with E-state index < -0.39 is 11.7 Å². The number of aliphatic hydroxyl groups excluding tert-OH is 1. The summed E-state index contributed by atoms with van der Waals surface area (Å²) < 4.78 is 5.32. The summed E-state index contributed by atoms with van der Waals surface area (Å²) in [6.45, 7) is 2.33. The van der Waals surface area contributed by atoms with Gasteiger partial charge in [-0.25, -0.2) is 4.98 Å². The van der Waals surface area contributed by atoms with Gasteiger partial charge in [-0.1, -0.05) is 5.16 Å². The van der Waals surface area contributed by atoms with Crippen LogP contribution in [0.4, 0.5) is 0 Å². The first-order valence-corrected chi connectivity index (χ1v) is 8.10. The number of carbonyl (C=O) groups excluding carboxylic acids is 1. The number of nitrogens with one attached hydrogen (secondary N) is 2. The Labute approximate surface area is 146 Å². The van der Waals surface area contributed by atoms with E-state index in [0.29, 0.717) is 24.2 Å². The van der Waals surface area contributed by atoms with Gasteiger partial charge in [-0.3, -0.25) is 4.79 Å². The van der Waals surface area contributed by atoms with Crippen molar-refractivity contribution in [1.29, 1.82) is 0 Å². The predicted molar refractivity (Wildman–Crippen MR) is 93.5 cm³/mol. The molecule has 0 unspecified atom stereocenters. The Morgan fingerprint density at radius 1 is 1.64 bits per heavy atom. The molecule has 9 heteroatoms. The lowest BCUT2D eigenvalue weighted by atomic mass is 9.73. The second-order valence-electron chi connectivity index (χ2n) is 6.29. The van der Waals surface area contributed by atoms with Gasteiger partial charge in [0.15, 0.2) is 5.60 Å². The number of hydrogen-bond acceptors (Lipinski definition) is 6. The minimum Gasteiger partial charge on any atom is -0.497 e. The SMILES string of the molecule is BC1=C(OC)C(C)=C[C@]2(CC(C(=O)NCCc3cnc[nH]3)=NO2)[C@@H]1O. The quantitative estimate of drug-likeness (QED) is 0.618. The molecular weight excluding hydrogens is 323 g/mol. The van der Waals surface area contributed by atoms with Crippen LogP contribution in [0.2, 0.25) is 0 Å². The number of hydrogen-bond donors (Lipinski definition) is 3. The van der Waals surface area contributed by atoms with E-state index in [2.05, 4.69) is 20.4 Å². The third kappa shape index (κ3) is 3.19. The molecule has 0 fully saturated rings. The zero-order chi connectivity index (χ0) is 18.0. The van der Waals surface area contributed by atoms with Crippen LogP contribution in [-0.4, -0.2) is 59.9 Å². The molecule has 1 spiro atoms. The molecule has 1 aromatic rings. The fraction of sp³-hybridized carbons (Fsp3) is 0.438. The third-order valence-corrected chi connectivity index (χ3v) is 4.52. The molecule has 0 saturated heterocycles. The van der Waals surface area contributed by atoms with Gasteiger partial charge in [0.25, 0.3) is 5.91 Å². The summed E-state index contributed by atoms with van der Waals surface area (Å²) in [6.07, 6.45) is 5.01. The predicted octanol–water partition coefficient (Wildman–Crippen LogP) is -0.605. The van der Waals surface area contributed by atoms with Crippen molar-refractivity contribution >= 4 is 19.5 Å².